The van der Waals surface area contributed by atoms with Gasteiger partial charge < -0.3 is 10.6 Å². The summed E-state index contributed by atoms with van der Waals surface area (Å²) in [6.45, 7) is 12.4. The third-order valence-electron chi connectivity index (χ3n) is 4.10. The van der Waals surface area contributed by atoms with Crippen LogP contribution in [0.1, 0.15) is 53.9 Å². The second-order valence-electron chi connectivity index (χ2n) is 6.59. The summed E-state index contributed by atoms with van der Waals surface area (Å²) in [7, 11) is 0. The van der Waals surface area contributed by atoms with Gasteiger partial charge >= 0.3 is 0 Å². The van der Waals surface area contributed by atoms with E-state index in [-0.39, 0.29) is 0 Å². The summed E-state index contributed by atoms with van der Waals surface area (Å²) in [4.78, 5) is 0. The van der Waals surface area contributed by atoms with Crippen molar-refractivity contribution in [3.8, 4) is 0 Å². The molecule has 0 aromatic heterocycles. The molecule has 1 rings (SSSR count). The second kappa shape index (κ2) is 7.32. The normalized spacial score (nSPS) is 28.5. The van der Waals surface area contributed by atoms with Gasteiger partial charge in [-0.15, -0.1) is 0 Å². The highest BCUT2D eigenvalue weighted by Gasteiger charge is 2.32. The van der Waals surface area contributed by atoms with Gasteiger partial charge in [-0.05, 0) is 48.7 Å². The van der Waals surface area contributed by atoms with Crippen LogP contribution in [0.25, 0.3) is 0 Å². The highest BCUT2D eigenvalue weighted by atomic mass is 32.1. The van der Waals surface area contributed by atoms with Gasteiger partial charge in [0.2, 0.25) is 0 Å². The number of hydrogen-bond donors (Lipinski definition) is 2. The Balaban J connectivity index is 2.52. The van der Waals surface area contributed by atoms with Crippen LogP contribution >= 0.6 is 12.2 Å². The Hall–Kier alpha value is -0.310. The van der Waals surface area contributed by atoms with Crippen molar-refractivity contribution in [1.29, 1.82) is 0 Å². The fraction of sp³-hybridized carbons (Fsp3) is 0.933. The summed E-state index contributed by atoms with van der Waals surface area (Å²) in [5, 5.41) is 7.75. The first-order valence-electron chi connectivity index (χ1n) is 7.46. The zero-order valence-electron chi connectivity index (χ0n) is 12.6. The largest absolute Gasteiger partial charge is 0.362 e. The Morgan fingerprint density at radius 2 is 1.89 bits per heavy atom. The molecule has 0 heterocycles. The van der Waals surface area contributed by atoms with Gasteiger partial charge in [0.25, 0.3) is 0 Å². The summed E-state index contributed by atoms with van der Waals surface area (Å²) >= 11 is 5.42. The fourth-order valence-electron chi connectivity index (χ4n) is 2.95. The minimum Gasteiger partial charge on any atom is -0.362 e. The monoisotopic (exact) mass is 270 g/mol. The van der Waals surface area contributed by atoms with E-state index in [0.717, 1.165) is 29.4 Å². The van der Waals surface area contributed by atoms with Gasteiger partial charge in [0.15, 0.2) is 5.11 Å². The zero-order chi connectivity index (χ0) is 13.7. The van der Waals surface area contributed by atoms with Crippen LogP contribution in [0.2, 0.25) is 0 Å². The maximum absolute atomic E-state index is 5.42. The summed E-state index contributed by atoms with van der Waals surface area (Å²) in [5.74, 6) is 2.85. The molecular formula is C15H30N2S. The molecule has 2 nitrogen and oxygen atoms in total. The highest BCUT2D eigenvalue weighted by Crippen LogP contribution is 2.33. The van der Waals surface area contributed by atoms with E-state index in [9.17, 15) is 0 Å². The number of hydrogen-bond acceptors (Lipinski definition) is 1. The molecule has 0 spiro atoms. The quantitative estimate of drug-likeness (QED) is 0.764. The van der Waals surface area contributed by atoms with Crippen molar-refractivity contribution < 1.29 is 0 Å². The standard InChI is InChI=1S/C15H30N2S/c1-10(2)9-16-15(18)17-14-12(5)7-6-8-13(14)11(3)4/h10-14H,6-9H2,1-5H3,(H2,16,17,18). The molecule has 1 saturated carbocycles. The molecule has 0 saturated heterocycles. The first-order valence-corrected chi connectivity index (χ1v) is 7.87. The molecule has 0 aromatic carbocycles. The van der Waals surface area contributed by atoms with Crippen LogP contribution < -0.4 is 10.6 Å². The molecule has 1 aliphatic rings. The lowest BCUT2D eigenvalue weighted by atomic mass is 9.73. The van der Waals surface area contributed by atoms with Gasteiger partial charge in [-0.2, -0.15) is 0 Å². The molecule has 1 fully saturated rings. The molecule has 18 heavy (non-hydrogen) atoms. The molecule has 106 valence electrons. The van der Waals surface area contributed by atoms with E-state index < -0.39 is 0 Å². The van der Waals surface area contributed by atoms with E-state index in [1.54, 1.807) is 0 Å². The third kappa shape index (κ3) is 4.75. The van der Waals surface area contributed by atoms with E-state index in [4.69, 9.17) is 12.2 Å². The van der Waals surface area contributed by atoms with Gasteiger partial charge in [0.05, 0.1) is 0 Å². The summed E-state index contributed by atoms with van der Waals surface area (Å²) in [5.41, 5.74) is 0. The molecule has 0 amide bonds. The molecule has 0 radical (unpaired) electrons. The Labute approximate surface area is 118 Å². The van der Waals surface area contributed by atoms with E-state index in [2.05, 4.69) is 45.3 Å². The first-order chi connectivity index (χ1) is 8.41. The molecule has 3 heteroatoms. The molecule has 2 N–H and O–H groups in total. The number of thiocarbonyl (C=S) groups is 1. The van der Waals surface area contributed by atoms with Crippen LogP contribution in [0, 0.1) is 23.7 Å². The van der Waals surface area contributed by atoms with Crippen molar-refractivity contribution in [2.75, 3.05) is 6.54 Å². The topological polar surface area (TPSA) is 24.1 Å². The predicted octanol–water partition coefficient (Wildman–Crippen LogP) is 3.57. The van der Waals surface area contributed by atoms with Crippen molar-refractivity contribution in [3.63, 3.8) is 0 Å². The van der Waals surface area contributed by atoms with Crippen LogP contribution in [-0.4, -0.2) is 17.7 Å². The van der Waals surface area contributed by atoms with Crippen LogP contribution in [0.3, 0.4) is 0 Å². The van der Waals surface area contributed by atoms with Crippen molar-refractivity contribution in [2.24, 2.45) is 23.7 Å². The van der Waals surface area contributed by atoms with Crippen LogP contribution in [0.4, 0.5) is 0 Å². The Morgan fingerprint density at radius 3 is 2.44 bits per heavy atom. The molecule has 0 bridgehead atoms. The Morgan fingerprint density at radius 1 is 1.22 bits per heavy atom. The maximum Gasteiger partial charge on any atom is 0.166 e. The van der Waals surface area contributed by atoms with Gasteiger partial charge in [-0.1, -0.05) is 41.0 Å². The molecule has 0 aromatic rings. The molecular weight excluding hydrogens is 240 g/mol. The van der Waals surface area contributed by atoms with Crippen LogP contribution in [0.15, 0.2) is 0 Å². The van der Waals surface area contributed by atoms with Crippen molar-refractivity contribution in [1.82, 2.24) is 10.6 Å². The summed E-state index contributed by atoms with van der Waals surface area (Å²) < 4.78 is 0. The lowest BCUT2D eigenvalue weighted by Gasteiger charge is -2.40. The highest BCUT2D eigenvalue weighted by molar-refractivity contribution is 7.80. The summed E-state index contributed by atoms with van der Waals surface area (Å²) in [6, 6.07) is 0.547. The lowest BCUT2D eigenvalue weighted by Crippen LogP contribution is -2.51. The smallest absolute Gasteiger partial charge is 0.166 e. The molecule has 3 atom stereocenters. The minimum atomic E-state index is 0.547. The maximum atomic E-state index is 5.42. The first kappa shape index (κ1) is 15.7. The van der Waals surface area contributed by atoms with E-state index >= 15 is 0 Å². The molecule has 0 aliphatic heterocycles. The molecule has 3 unspecified atom stereocenters. The SMILES string of the molecule is CC(C)CNC(=S)NC1C(C)CCCC1C(C)C. The van der Waals surface area contributed by atoms with Gasteiger partial charge in [0.1, 0.15) is 0 Å². The Bertz CT molecular complexity index is 263. The van der Waals surface area contributed by atoms with Crippen LogP contribution in [-0.2, 0) is 0 Å². The fourth-order valence-corrected chi connectivity index (χ4v) is 3.17. The van der Waals surface area contributed by atoms with E-state index in [1.165, 1.54) is 19.3 Å². The Kier molecular flexibility index (Phi) is 6.40. The summed E-state index contributed by atoms with van der Waals surface area (Å²) in [6.07, 6.45) is 4.04. The minimum absolute atomic E-state index is 0.547. The zero-order valence-corrected chi connectivity index (χ0v) is 13.4. The number of nitrogens with one attached hydrogen (secondary N) is 2. The van der Waals surface area contributed by atoms with E-state index in [1.807, 2.05) is 0 Å². The van der Waals surface area contributed by atoms with Crippen molar-refractivity contribution >= 4 is 17.3 Å². The van der Waals surface area contributed by atoms with Crippen molar-refractivity contribution in [2.45, 2.75) is 59.9 Å². The predicted molar refractivity (Wildman–Crippen MR) is 83.7 cm³/mol. The van der Waals surface area contributed by atoms with Crippen molar-refractivity contribution in [3.05, 3.63) is 0 Å². The van der Waals surface area contributed by atoms with Crippen LogP contribution in [0.5, 0.6) is 0 Å². The molecule has 1 aliphatic carbocycles. The lowest BCUT2D eigenvalue weighted by molar-refractivity contribution is 0.170. The third-order valence-corrected chi connectivity index (χ3v) is 4.36. The average Bonchev–Trinajstić information content (AvgIpc) is 2.28. The second-order valence-corrected chi connectivity index (χ2v) is 7.00. The van der Waals surface area contributed by atoms with Gasteiger partial charge in [0, 0.05) is 12.6 Å². The van der Waals surface area contributed by atoms with Gasteiger partial charge in [-0.3, -0.25) is 0 Å². The number of rotatable bonds is 4. The average molecular weight is 270 g/mol. The van der Waals surface area contributed by atoms with Gasteiger partial charge in [-0.25, -0.2) is 0 Å². The van der Waals surface area contributed by atoms with E-state index in [0.29, 0.717) is 12.0 Å².